The molecule has 1 aromatic carbocycles. The summed E-state index contributed by atoms with van der Waals surface area (Å²) in [4.78, 5) is 23.4. The summed E-state index contributed by atoms with van der Waals surface area (Å²) in [7, 11) is 0. The van der Waals surface area contributed by atoms with Crippen LogP contribution >= 0.6 is 0 Å². The van der Waals surface area contributed by atoms with Gasteiger partial charge in [-0.2, -0.15) is 0 Å². The number of ether oxygens (including phenoxy) is 1. The number of carbonyl (C=O) groups excluding carboxylic acids is 2. The predicted molar refractivity (Wildman–Crippen MR) is 86.6 cm³/mol. The number of benzene rings is 1. The lowest BCUT2D eigenvalue weighted by Crippen LogP contribution is -2.31. The van der Waals surface area contributed by atoms with Gasteiger partial charge in [-0.15, -0.1) is 0 Å². The molecule has 1 N–H and O–H groups in total. The van der Waals surface area contributed by atoms with Crippen LogP contribution in [0.1, 0.15) is 48.2 Å². The highest BCUT2D eigenvalue weighted by Gasteiger charge is 2.13. The zero-order valence-electron chi connectivity index (χ0n) is 13.6. The smallest absolute Gasteiger partial charge is 0.258 e. The van der Waals surface area contributed by atoms with Gasteiger partial charge in [0.15, 0.2) is 12.4 Å². The molecule has 0 saturated heterocycles. The van der Waals surface area contributed by atoms with Crippen molar-refractivity contribution in [1.29, 1.82) is 0 Å². The van der Waals surface area contributed by atoms with Crippen LogP contribution in [0.15, 0.2) is 40.8 Å². The minimum absolute atomic E-state index is 0.0804. The molecule has 1 aromatic heterocycles. The second-order valence-corrected chi connectivity index (χ2v) is 5.33. The number of carbonyl (C=O) groups is 2. The van der Waals surface area contributed by atoms with Crippen molar-refractivity contribution in [1.82, 2.24) is 5.32 Å². The molecule has 2 rings (SSSR count). The molecule has 0 aliphatic carbocycles. The van der Waals surface area contributed by atoms with Gasteiger partial charge in [0.2, 0.25) is 0 Å². The lowest BCUT2D eigenvalue weighted by atomic mass is 10.1. The van der Waals surface area contributed by atoms with Gasteiger partial charge in [0.1, 0.15) is 17.3 Å². The molecule has 0 aliphatic rings. The molecular weight excluding hydrogens is 294 g/mol. The highest BCUT2D eigenvalue weighted by Crippen LogP contribution is 2.16. The van der Waals surface area contributed by atoms with E-state index in [4.69, 9.17) is 9.15 Å². The van der Waals surface area contributed by atoms with Crippen molar-refractivity contribution in [2.24, 2.45) is 0 Å². The first-order valence-corrected chi connectivity index (χ1v) is 7.61. The summed E-state index contributed by atoms with van der Waals surface area (Å²) in [5.41, 5.74) is 0.645. The van der Waals surface area contributed by atoms with Crippen LogP contribution in [0.2, 0.25) is 0 Å². The maximum atomic E-state index is 11.9. The minimum atomic E-state index is -0.236. The van der Waals surface area contributed by atoms with Gasteiger partial charge in [-0.1, -0.05) is 6.92 Å². The van der Waals surface area contributed by atoms with Crippen molar-refractivity contribution >= 4 is 11.7 Å². The largest absolute Gasteiger partial charge is 0.484 e. The van der Waals surface area contributed by atoms with E-state index in [1.165, 1.54) is 0 Å². The zero-order valence-corrected chi connectivity index (χ0v) is 13.6. The Balaban J connectivity index is 1.83. The van der Waals surface area contributed by atoms with Crippen LogP contribution < -0.4 is 10.1 Å². The summed E-state index contributed by atoms with van der Waals surface area (Å²) in [5.74, 6) is 1.91. The van der Waals surface area contributed by atoms with Crippen molar-refractivity contribution in [3.63, 3.8) is 0 Å². The maximum Gasteiger partial charge on any atom is 0.258 e. The Morgan fingerprint density at radius 3 is 2.43 bits per heavy atom. The zero-order chi connectivity index (χ0) is 16.8. The molecule has 0 radical (unpaired) electrons. The van der Waals surface area contributed by atoms with Crippen molar-refractivity contribution in [3.8, 4) is 5.75 Å². The topological polar surface area (TPSA) is 68.5 Å². The SMILES string of the molecule is CCC(=O)c1ccc(OCC(=O)NC(C)c2ccc(C)o2)cc1. The fourth-order valence-electron chi connectivity index (χ4n) is 2.13. The third-order valence-electron chi connectivity index (χ3n) is 3.43. The molecule has 1 amide bonds. The van der Waals surface area contributed by atoms with E-state index in [2.05, 4.69) is 5.32 Å². The molecule has 0 aliphatic heterocycles. The standard InChI is InChI=1S/C18H21NO4/c1-4-16(20)14-6-8-15(9-7-14)22-11-18(21)19-13(3)17-10-5-12(2)23-17/h5-10,13H,4,11H2,1-3H3,(H,19,21). The molecule has 23 heavy (non-hydrogen) atoms. The Bertz CT molecular complexity index is 673. The fourth-order valence-corrected chi connectivity index (χ4v) is 2.13. The van der Waals surface area contributed by atoms with Gasteiger partial charge in [-0.3, -0.25) is 9.59 Å². The Morgan fingerprint density at radius 2 is 1.87 bits per heavy atom. The van der Waals surface area contributed by atoms with E-state index >= 15 is 0 Å². The van der Waals surface area contributed by atoms with Crippen LogP contribution in [0, 0.1) is 6.92 Å². The first-order valence-electron chi connectivity index (χ1n) is 7.61. The molecule has 0 saturated carbocycles. The van der Waals surface area contributed by atoms with Gasteiger partial charge < -0.3 is 14.5 Å². The van der Waals surface area contributed by atoms with Gasteiger partial charge in [0.25, 0.3) is 5.91 Å². The molecular formula is C18H21NO4. The Kier molecular flexibility index (Phi) is 5.57. The monoisotopic (exact) mass is 315 g/mol. The van der Waals surface area contributed by atoms with E-state index in [1.54, 1.807) is 24.3 Å². The van der Waals surface area contributed by atoms with Crippen molar-refractivity contribution in [3.05, 3.63) is 53.5 Å². The molecule has 2 aromatic rings. The van der Waals surface area contributed by atoms with E-state index < -0.39 is 0 Å². The molecule has 5 heteroatoms. The first-order chi connectivity index (χ1) is 11.0. The quantitative estimate of drug-likeness (QED) is 0.795. The van der Waals surface area contributed by atoms with E-state index in [9.17, 15) is 9.59 Å². The summed E-state index contributed by atoms with van der Waals surface area (Å²) in [6, 6.07) is 10.3. The minimum Gasteiger partial charge on any atom is -0.484 e. The molecule has 1 atom stereocenters. The third-order valence-corrected chi connectivity index (χ3v) is 3.43. The number of furan rings is 1. The molecule has 122 valence electrons. The van der Waals surface area contributed by atoms with E-state index in [1.807, 2.05) is 32.9 Å². The van der Waals surface area contributed by atoms with Crippen LogP contribution in [-0.2, 0) is 4.79 Å². The van der Waals surface area contributed by atoms with E-state index in [-0.39, 0.29) is 24.3 Å². The van der Waals surface area contributed by atoms with Crippen LogP contribution in [-0.4, -0.2) is 18.3 Å². The van der Waals surface area contributed by atoms with Gasteiger partial charge in [-0.25, -0.2) is 0 Å². The van der Waals surface area contributed by atoms with Crippen molar-refractivity contribution < 1.29 is 18.7 Å². The Morgan fingerprint density at radius 1 is 1.17 bits per heavy atom. The van der Waals surface area contributed by atoms with Crippen LogP contribution in [0.3, 0.4) is 0 Å². The highest BCUT2D eigenvalue weighted by molar-refractivity contribution is 5.95. The molecule has 5 nitrogen and oxygen atoms in total. The maximum absolute atomic E-state index is 11.9. The summed E-state index contributed by atoms with van der Waals surface area (Å²) < 4.78 is 10.9. The average Bonchev–Trinajstić information content (AvgIpc) is 2.99. The Labute approximate surface area is 135 Å². The summed E-state index contributed by atoms with van der Waals surface area (Å²) in [6.07, 6.45) is 0.465. The van der Waals surface area contributed by atoms with Crippen LogP contribution in [0.4, 0.5) is 0 Å². The molecule has 1 heterocycles. The van der Waals surface area contributed by atoms with Crippen molar-refractivity contribution in [2.45, 2.75) is 33.2 Å². The number of amides is 1. The normalized spacial score (nSPS) is 11.8. The fraction of sp³-hybridized carbons (Fsp3) is 0.333. The van der Waals surface area contributed by atoms with Gasteiger partial charge in [-0.05, 0) is 50.2 Å². The van der Waals surface area contributed by atoms with Gasteiger partial charge in [0, 0.05) is 12.0 Å². The average molecular weight is 315 g/mol. The second-order valence-electron chi connectivity index (χ2n) is 5.33. The van der Waals surface area contributed by atoms with Crippen molar-refractivity contribution in [2.75, 3.05) is 6.61 Å². The Hall–Kier alpha value is -2.56. The first kappa shape index (κ1) is 16.8. The van der Waals surface area contributed by atoms with Gasteiger partial charge >= 0.3 is 0 Å². The predicted octanol–water partition coefficient (Wildman–Crippen LogP) is 3.44. The number of Topliss-reactive ketones (excluding diaryl/α,β-unsaturated/α-hetero) is 1. The number of ketones is 1. The summed E-state index contributed by atoms with van der Waals surface area (Å²) in [6.45, 7) is 5.43. The summed E-state index contributed by atoms with van der Waals surface area (Å²) in [5, 5.41) is 2.81. The van der Waals surface area contributed by atoms with Crippen LogP contribution in [0.5, 0.6) is 5.75 Å². The van der Waals surface area contributed by atoms with E-state index in [0.717, 1.165) is 5.76 Å². The number of hydrogen-bond acceptors (Lipinski definition) is 4. The number of hydrogen-bond donors (Lipinski definition) is 1. The highest BCUT2D eigenvalue weighted by atomic mass is 16.5. The van der Waals surface area contributed by atoms with Crippen LogP contribution in [0.25, 0.3) is 0 Å². The van der Waals surface area contributed by atoms with E-state index in [0.29, 0.717) is 23.5 Å². The number of aryl methyl sites for hydroxylation is 1. The number of rotatable bonds is 7. The second kappa shape index (κ2) is 7.63. The lowest BCUT2D eigenvalue weighted by Gasteiger charge is -2.12. The third kappa shape index (κ3) is 4.71. The molecule has 1 unspecified atom stereocenters. The molecule has 0 fully saturated rings. The van der Waals surface area contributed by atoms with Gasteiger partial charge in [0.05, 0.1) is 6.04 Å². The summed E-state index contributed by atoms with van der Waals surface area (Å²) >= 11 is 0. The molecule has 0 bridgehead atoms. The molecule has 0 spiro atoms. The lowest BCUT2D eigenvalue weighted by molar-refractivity contribution is -0.123. The number of nitrogens with one attached hydrogen (secondary N) is 1.